The van der Waals surface area contributed by atoms with E-state index in [9.17, 15) is 0 Å². The van der Waals surface area contributed by atoms with E-state index < -0.39 is 0 Å². The summed E-state index contributed by atoms with van der Waals surface area (Å²) in [5.74, 6) is 3.17. The minimum absolute atomic E-state index is 0.695. The summed E-state index contributed by atoms with van der Waals surface area (Å²) in [5, 5.41) is 0. The van der Waals surface area contributed by atoms with Crippen molar-refractivity contribution in [3.63, 3.8) is 0 Å². The van der Waals surface area contributed by atoms with Crippen LogP contribution in [0.5, 0.6) is 0 Å². The molecule has 0 aromatic heterocycles. The molecule has 0 radical (unpaired) electrons. The number of hydrogen-bond donors (Lipinski definition) is 0. The van der Waals surface area contributed by atoms with Gasteiger partial charge in [-0.15, -0.1) is 0 Å². The second kappa shape index (κ2) is 2.22. The Balaban J connectivity index is 1.67. The Morgan fingerprint density at radius 1 is 0.909 bits per heavy atom. The second-order valence-corrected chi connectivity index (χ2v) is 4.55. The Morgan fingerprint density at radius 3 is 2.09 bits per heavy atom. The minimum atomic E-state index is 0.695. The summed E-state index contributed by atoms with van der Waals surface area (Å²) in [6.45, 7) is 1.07. The zero-order valence-corrected chi connectivity index (χ0v) is 6.96. The third-order valence-electron chi connectivity index (χ3n) is 3.91. The van der Waals surface area contributed by atoms with Gasteiger partial charge in [0.05, 0.1) is 12.7 Å². The summed E-state index contributed by atoms with van der Waals surface area (Å²) in [7, 11) is 0. The lowest BCUT2D eigenvalue weighted by molar-refractivity contribution is 0.319. The molecule has 3 unspecified atom stereocenters. The molecule has 62 valence electrons. The number of ether oxygens (including phenoxy) is 1. The molecule has 0 aromatic rings. The van der Waals surface area contributed by atoms with Crippen molar-refractivity contribution in [1.29, 1.82) is 0 Å². The lowest BCUT2D eigenvalue weighted by atomic mass is 10.0. The molecule has 3 rings (SSSR count). The fourth-order valence-corrected chi connectivity index (χ4v) is 3.24. The van der Waals surface area contributed by atoms with Crippen LogP contribution in [-0.4, -0.2) is 12.7 Å². The van der Waals surface area contributed by atoms with Crippen molar-refractivity contribution in [1.82, 2.24) is 0 Å². The van der Waals surface area contributed by atoms with Crippen molar-refractivity contribution < 1.29 is 4.74 Å². The Kier molecular flexibility index (Phi) is 1.31. The standard InChI is InChI=1S/C10H16O/c1-2-7-4-9(10-6-11-10)5-8(7)3-1/h7-10H,1-6H2. The van der Waals surface area contributed by atoms with Gasteiger partial charge in [-0.3, -0.25) is 0 Å². The average molecular weight is 152 g/mol. The molecule has 0 bridgehead atoms. The first-order valence-electron chi connectivity index (χ1n) is 5.05. The van der Waals surface area contributed by atoms with Gasteiger partial charge in [0.15, 0.2) is 0 Å². The van der Waals surface area contributed by atoms with Crippen LogP contribution in [0.3, 0.4) is 0 Å². The largest absolute Gasteiger partial charge is 0.373 e. The molecule has 3 aliphatic rings. The van der Waals surface area contributed by atoms with Crippen molar-refractivity contribution >= 4 is 0 Å². The van der Waals surface area contributed by atoms with E-state index in [2.05, 4.69) is 0 Å². The van der Waals surface area contributed by atoms with Crippen LogP contribution in [0.1, 0.15) is 32.1 Å². The monoisotopic (exact) mass is 152 g/mol. The van der Waals surface area contributed by atoms with E-state index in [1.54, 1.807) is 0 Å². The smallest absolute Gasteiger partial charge is 0.0838 e. The third kappa shape index (κ3) is 1.01. The summed E-state index contributed by atoms with van der Waals surface area (Å²) in [4.78, 5) is 0. The van der Waals surface area contributed by atoms with Crippen LogP contribution in [0, 0.1) is 17.8 Å². The first-order valence-corrected chi connectivity index (χ1v) is 5.05. The van der Waals surface area contributed by atoms with Crippen molar-refractivity contribution in [2.24, 2.45) is 17.8 Å². The Morgan fingerprint density at radius 2 is 1.55 bits per heavy atom. The predicted octanol–water partition coefficient (Wildman–Crippen LogP) is 2.21. The van der Waals surface area contributed by atoms with Crippen molar-refractivity contribution in [2.45, 2.75) is 38.2 Å². The lowest BCUT2D eigenvalue weighted by Gasteiger charge is -2.04. The maximum absolute atomic E-state index is 5.36. The Hall–Kier alpha value is -0.0400. The molecule has 2 saturated carbocycles. The molecule has 0 aromatic carbocycles. The number of fused-ring (bicyclic) bond motifs is 1. The SMILES string of the molecule is C1CC2CC(C3CO3)CC2C1. The molecule has 1 heteroatoms. The van der Waals surface area contributed by atoms with Gasteiger partial charge in [-0.25, -0.2) is 0 Å². The molecule has 0 amide bonds. The molecule has 0 spiro atoms. The van der Waals surface area contributed by atoms with Crippen LogP contribution in [-0.2, 0) is 4.74 Å². The van der Waals surface area contributed by atoms with Gasteiger partial charge in [0.1, 0.15) is 0 Å². The third-order valence-corrected chi connectivity index (χ3v) is 3.91. The van der Waals surface area contributed by atoms with Crippen molar-refractivity contribution in [3.05, 3.63) is 0 Å². The highest BCUT2D eigenvalue weighted by Gasteiger charge is 2.44. The van der Waals surface area contributed by atoms with E-state index in [-0.39, 0.29) is 0 Å². The van der Waals surface area contributed by atoms with Gasteiger partial charge in [0.25, 0.3) is 0 Å². The van der Waals surface area contributed by atoms with Crippen LogP contribution in [0.2, 0.25) is 0 Å². The van der Waals surface area contributed by atoms with Crippen LogP contribution in [0.4, 0.5) is 0 Å². The van der Waals surface area contributed by atoms with Gasteiger partial charge in [0.2, 0.25) is 0 Å². The van der Waals surface area contributed by atoms with Crippen molar-refractivity contribution in [3.8, 4) is 0 Å². The fourth-order valence-electron chi connectivity index (χ4n) is 3.24. The van der Waals surface area contributed by atoms with E-state index in [1.807, 2.05) is 0 Å². The van der Waals surface area contributed by atoms with E-state index in [1.165, 1.54) is 32.1 Å². The normalized spacial score (nSPS) is 54.5. The first kappa shape index (κ1) is 6.47. The zero-order valence-electron chi connectivity index (χ0n) is 6.96. The predicted molar refractivity (Wildman–Crippen MR) is 43.3 cm³/mol. The van der Waals surface area contributed by atoms with Gasteiger partial charge < -0.3 is 4.74 Å². The molecule has 0 N–H and O–H groups in total. The molecule has 1 nitrogen and oxygen atoms in total. The summed E-state index contributed by atoms with van der Waals surface area (Å²) >= 11 is 0. The fraction of sp³-hybridized carbons (Fsp3) is 1.00. The molecular formula is C10H16O. The van der Waals surface area contributed by atoms with E-state index in [4.69, 9.17) is 4.74 Å². The summed E-state index contributed by atoms with van der Waals surface area (Å²) in [5.41, 5.74) is 0. The van der Waals surface area contributed by atoms with Crippen LogP contribution < -0.4 is 0 Å². The van der Waals surface area contributed by atoms with Crippen LogP contribution in [0.25, 0.3) is 0 Å². The minimum Gasteiger partial charge on any atom is -0.373 e. The molecule has 1 aliphatic heterocycles. The highest BCUT2D eigenvalue weighted by molar-refractivity contribution is 4.93. The maximum Gasteiger partial charge on any atom is 0.0838 e. The van der Waals surface area contributed by atoms with Gasteiger partial charge in [-0.2, -0.15) is 0 Å². The molecule has 3 fully saturated rings. The highest BCUT2D eigenvalue weighted by Crippen LogP contribution is 2.49. The van der Waals surface area contributed by atoms with E-state index in [0.717, 1.165) is 24.4 Å². The first-order chi connectivity index (χ1) is 5.43. The van der Waals surface area contributed by atoms with E-state index >= 15 is 0 Å². The molecule has 1 saturated heterocycles. The van der Waals surface area contributed by atoms with Crippen LogP contribution in [0.15, 0.2) is 0 Å². The molecular weight excluding hydrogens is 136 g/mol. The maximum atomic E-state index is 5.36. The molecule has 1 heterocycles. The summed E-state index contributed by atoms with van der Waals surface area (Å²) < 4.78 is 5.36. The van der Waals surface area contributed by atoms with Gasteiger partial charge >= 0.3 is 0 Å². The topological polar surface area (TPSA) is 12.5 Å². The van der Waals surface area contributed by atoms with Gasteiger partial charge in [0, 0.05) is 0 Å². The molecule has 2 aliphatic carbocycles. The number of rotatable bonds is 1. The molecule has 3 atom stereocenters. The summed E-state index contributed by atoms with van der Waals surface area (Å²) in [6, 6.07) is 0. The van der Waals surface area contributed by atoms with Gasteiger partial charge in [-0.1, -0.05) is 19.3 Å². The number of hydrogen-bond acceptors (Lipinski definition) is 1. The summed E-state index contributed by atoms with van der Waals surface area (Å²) in [6.07, 6.45) is 8.24. The van der Waals surface area contributed by atoms with Crippen molar-refractivity contribution in [2.75, 3.05) is 6.61 Å². The second-order valence-electron chi connectivity index (χ2n) is 4.55. The average Bonchev–Trinajstić information content (AvgIpc) is 2.60. The molecule has 11 heavy (non-hydrogen) atoms. The Labute approximate surface area is 68.1 Å². The lowest BCUT2D eigenvalue weighted by Crippen LogP contribution is -2.03. The Bertz CT molecular complexity index is 150. The number of epoxide rings is 1. The van der Waals surface area contributed by atoms with Crippen LogP contribution >= 0.6 is 0 Å². The zero-order chi connectivity index (χ0) is 7.26. The highest BCUT2D eigenvalue weighted by atomic mass is 16.6. The quantitative estimate of drug-likeness (QED) is 0.525. The van der Waals surface area contributed by atoms with Gasteiger partial charge in [-0.05, 0) is 30.6 Å². The van der Waals surface area contributed by atoms with E-state index in [0.29, 0.717) is 6.10 Å².